The summed E-state index contributed by atoms with van der Waals surface area (Å²) in [5, 5.41) is 14.7. The molecule has 2 unspecified atom stereocenters. The fraction of sp³-hybridized carbons (Fsp3) is 0.737. The summed E-state index contributed by atoms with van der Waals surface area (Å²) in [4.78, 5) is 21.8. The number of thioether (sulfide) groups is 1. The van der Waals surface area contributed by atoms with E-state index in [0.717, 1.165) is 37.8 Å². The lowest BCUT2D eigenvalue weighted by molar-refractivity contribution is -0.136. The molecule has 136 valence electrons. The summed E-state index contributed by atoms with van der Waals surface area (Å²) >= 11 is 1.49. The standard InChI is InChI=1S/C19H27N3O2S/c1-10(2)15-14(9-20-18(22-15)25-3)17(23)21-16-12-4-11-5-13(16)8-19(24,6-11)7-12/h9-13,16,24H,4-8H2,1-3H3,(H,21,23)/t11?,12?,13?,16-,19+. The fourth-order valence-electron chi connectivity index (χ4n) is 5.54. The smallest absolute Gasteiger partial charge is 0.254 e. The fourth-order valence-corrected chi connectivity index (χ4v) is 5.89. The molecule has 1 heterocycles. The minimum Gasteiger partial charge on any atom is -0.390 e. The largest absolute Gasteiger partial charge is 0.390 e. The number of nitrogens with one attached hydrogen (secondary N) is 1. The third kappa shape index (κ3) is 3.08. The minimum absolute atomic E-state index is 0.0548. The van der Waals surface area contributed by atoms with Crippen molar-refractivity contribution in [3.8, 4) is 0 Å². The maximum Gasteiger partial charge on any atom is 0.254 e. The van der Waals surface area contributed by atoms with E-state index in [1.54, 1.807) is 6.20 Å². The average Bonchev–Trinajstić information content (AvgIpc) is 2.55. The Bertz CT molecular complexity index is 677. The Balaban J connectivity index is 1.55. The van der Waals surface area contributed by atoms with E-state index in [2.05, 4.69) is 29.1 Å². The van der Waals surface area contributed by atoms with E-state index in [1.807, 2.05) is 6.26 Å². The topological polar surface area (TPSA) is 75.1 Å². The van der Waals surface area contributed by atoms with Crippen molar-refractivity contribution in [3.05, 3.63) is 17.5 Å². The van der Waals surface area contributed by atoms with Crippen LogP contribution in [-0.2, 0) is 0 Å². The molecule has 0 saturated heterocycles. The van der Waals surface area contributed by atoms with Gasteiger partial charge in [-0.25, -0.2) is 9.97 Å². The quantitative estimate of drug-likeness (QED) is 0.637. The van der Waals surface area contributed by atoms with Gasteiger partial charge in [-0.2, -0.15) is 0 Å². The molecule has 4 fully saturated rings. The van der Waals surface area contributed by atoms with Crippen molar-refractivity contribution in [3.63, 3.8) is 0 Å². The number of carbonyl (C=O) groups is 1. The van der Waals surface area contributed by atoms with Gasteiger partial charge in [0.2, 0.25) is 0 Å². The van der Waals surface area contributed by atoms with Crippen molar-refractivity contribution in [2.45, 2.75) is 68.7 Å². The lowest BCUT2D eigenvalue weighted by Crippen LogP contribution is -2.61. The second-order valence-corrected chi connectivity index (χ2v) is 9.28. The van der Waals surface area contributed by atoms with Crippen LogP contribution >= 0.6 is 11.8 Å². The van der Waals surface area contributed by atoms with Gasteiger partial charge in [-0.3, -0.25) is 4.79 Å². The van der Waals surface area contributed by atoms with Gasteiger partial charge >= 0.3 is 0 Å². The van der Waals surface area contributed by atoms with E-state index in [1.165, 1.54) is 11.8 Å². The molecule has 0 spiro atoms. The van der Waals surface area contributed by atoms with Gasteiger partial charge in [0.05, 0.1) is 16.9 Å². The molecule has 4 saturated carbocycles. The summed E-state index contributed by atoms with van der Waals surface area (Å²) in [6.07, 6.45) is 8.53. The molecule has 0 aromatic carbocycles. The van der Waals surface area contributed by atoms with Gasteiger partial charge in [-0.05, 0) is 62.0 Å². The molecule has 1 aromatic rings. The molecule has 25 heavy (non-hydrogen) atoms. The van der Waals surface area contributed by atoms with Crippen molar-refractivity contribution in [1.29, 1.82) is 0 Å². The molecular weight excluding hydrogens is 334 g/mol. The third-order valence-corrected chi connectivity index (χ3v) is 6.87. The van der Waals surface area contributed by atoms with Gasteiger partial charge < -0.3 is 10.4 Å². The molecule has 6 heteroatoms. The van der Waals surface area contributed by atoms with Crippen molar-refractivity contribution in [2.75, 3.05) is 6.26 Å². The summed E-state index contributed by atoms with van der Waals surface area (Å²) in [5.41, 5.74) is 0.948. The Morgan fingerprint density at radius 3 is 2.56 bits per heavy atom. The highest BCUT2D eigenvalue weighted by atomic mass is 32.2. The first-order valence-electron chi connectivity index (χ1n) is 9.32. The van der Waals surface area contributed by atoms with E-state index in [0.29, 0.717) is 28.5 Å². The van der Waals surface area contributed by atoms with E-state index >= 15 is 0 Å². The lowest BCUT2D eigenvalue weighted by atomic mass is 9.52. The van der Waals surface area contributed by atoms with Crippen LogP contribution in [0.25, 0.3) is 0 Å². The maximum atomic E-state index is 13.0. The van der Waals surface area contributed by atoms with E-state index < -0.39 is 5.60 Å². The van der Waals surface area contributed by atoms with Crippen LogP contribution in [0.1, 0.15) is 67.9 Å². The Morgan fingerprint density at radius 1 is 1.32 bits per heavy atom. The zero-order valence-corrected chi connectivity index (χ0v) is 16.0. The van der Waals surface area contributed by atoms with Gasteiger partial charge in [-0.15, -0.1) is 0 Å². The first-order chi connectivity index (χ1) is 11.9. The molecule has 1 amide bonds. The summed E-state index contributed by atoms with van der Waals surface area (Å²) in [6, 6.07) is 0.185. The van der Waals surface area contributed by atoms with Gasteiger partial charge in [-0.1, -0.05) is 25.6 Å². The maximum absolute atomic E-state index is 13.0. The molecule has 2 atom stereocenters. The molecular formula is C19H27N3O2S. The number of aliphatic hydroxyl groups is 1. The average molecular weight is 362 g/mol. The molecule has 2 N–H and O–H groups in total. The molecule has 4 bridgehead atoms. The van der Waals surface area contributed by atoms with Gasteiger partial charge in [0.25, 0.3) is 5.91 Å². The van der Waals surface area contributed by atoms with Crippen LogP contribution < -0.4 is 5.32 Å². The van der Waals surface area contributed by atoms with Crippen LogP contribution in [0.3, 0.4) is 0 Å². The summed E-state index contributed by atoms with van der Waals surface area (Å²) in [6.45, 7) is 4.11. The molecule has 0 radical (unpaired) electrons. The summed E-state index contributed by atoms with van der Waals surface area (Å²) < 4.78 is 0. The van der Waals surface area contributed by atoms with Gasteiger partial charge in [0.1, 0.15) is 0 Å². The highest BCUT2D eigenvalue weighted by Gasteiger charge is 2.55. The Labute approximate surface area is 153 Å². The van der Waals surface area contributed by atoms with Crippen molar-refractivity contribution in [2.24, 2.45) is 17.8 Å². The van der Waals surface area contributed by atoms with E-state index in [-0.39, 0.29) is 17.9 Å². The van der Waals surface area contributed by atoms with E-state index in [9.17, 15) is 9.90 Å². The highest BCUT2D eigenvalue weighted by Crippen LogP contribution is 2.55. The Kier molecular flexibility index (Phi) is 4.31. The zero-order chi connectivity index (χ0) is 17.8. The monoisotopic (exact) mass is 361 g/mol. The summed E-state index contributed by atoms with van der Waals surface area (Å²) in [7, 11) is 0. The number of hydrogen-bond donors (Lipinski definition) is 2. The Morgan fingerprint density at radius 2 is 2.00 bits per heavy atom. The van der Waals surface area contributed by atoms with Crippen molar-refractivity contribution in [1.82, 2.24) is 15.3 Å². The van der Waals surface area contributed by atoms with Crippen molar-refractivity contribution < 1.29 is 9.90 Å². The number of nitrogens with zero attached hydrogens (tertiary/aromatic N) is 2. The molecule has 1 aromatic heterocycles. The number of carbonyl (C=O) groups excluding carboxylic acids is 1. The second kappa shape index (κ2) is 6.23. The first-order valence-corrected chi connectivity index (χ1v) is 10.5. The lowest BCUT2D eigenvalue weighted by Gasteiger charge is -2.58. The van der Waals surface area contributed by atoms with Crippen LogP contribution in [0.4, 0.5) is 0 Å². The van der Waals surface area contributed by atoms with Crippen LogP contribution in [0, 0.1) is 17.8 Å². The van der Waals surface area contributed by atoms with Gasteiger partial charge in [0.15, 0.2) is 5.16 Å². The minimum atomic E-state index is -0.468. The number of amides is 1. The number of aromatic nitrogens is 2. The predicted molar refractivity (Wildman–Crippen MR) is 97.7 cm³/mol. The van der Waals surface area contributed by atoms with E-state index in [4.69, 9.17) is 0 Å². The van der Waals surface area contributed by atoms with Crippen LogP contribution in [-0.4, -0.2) is 38.9 Å². The van der Waals surface area contributed by atoms with Crippen LogP contribution in [0.15, 0.2) is 11.4 Å². The highest BCUT2D eigenvalue weighted by molar-refractivity contribution is 7.98. The molecule has 4 aliphatic carbocycles. The first kappa shape index (κ1) is 17.3. The zero-order valence-electron chi connectivity index (χ0n) is 15.2. The van der Waals surface area contributed by atoms with Crippen LogP contribution in [0.2, 0.25) is 0 Å². The SMILES string of the molecule is CSc1ncc(C(=O)N[C@H]2C3CC4CC2C[C@@](O)(C4)C3)c(C(C)C)n1. The summed E-state index contributed by atoms with van der Waals surface area (Å²) in [5.74, 6) is 1.59. The predicted octanol–water partition coefficient (Wildman–Crippen LogP) is 2.99. The van der Waals surface area contributed by atoms with Crippen molar-refractivity contribution >= 4 is 17.7 Å². The second-order valence-electron chi connectivity index (χ2n) is 8.50. The molecule has 4 aliphatic rings. The molecule has 5 rings (SSSR count). The Hall–Kier alpha value is -1.14. The molecule has 5 nitrogen and oxygen atoms in total. The number of hydrogen-bond acceptors (Lipinski definition) is 5. The molecule has 0 aliphatic heterocycles. The van der Waals surface area contributed by atoms with Gasteiger partial charge in [0, 0.05) is 12.2 Å². The normalized spacial score (nSPS) is 36.0. The number of rotatable bonds is 4. The van der Waals surface area contributed by atoms with Crippen LogP contribution in [0.5, 0.6) is 0 Å². The third-order valence-electron chi connectivity index (χ3n) is 6.31.